The van der Waals surface area contributed by atoms with Gasteiger partial charge in [0.15, 0.2) is 23.1 Å². The van der Waals surface area contributed by atoms with E-state index in [0.29, 0.717) is 32.2 Å². The predicted octanol–water partition coefficient (Wildman–Crippen LogP) is 7.20. The Labute approximate surface area is 300 Å². The van der Waals surface area contributed by atoms with E-state index in [-0.39, 0.29) is 63.3 Å². The summed E-state index contributed by atoms with van der Waals surface area (Å²) in [5.74, 6) is -6.14. The van der Waals surface area contributed by atoms with Gasteiger partial charge in [0.1, 0.15) is 17.7 Å². The number of nitrogens with zero attached hydrogens (tertiary/aromatic N) is 3. The number of benzene rings is 4. The minimum absolute atomic E-state index is 0.00539. The summed E-state index contributed by atoms with van der Waals surface area (Å²) in [5.41, 5.74) is 0.682. The van der Waals surface area contributed by atoms with Crippen LogP contribution in [0.5, 0.6) is 23.0 Å². The Bertz CT molecular complexity index is 2150. The molecule has 0 spiro atoms. The first-order valence-electron chi connectivity index (χ1n) is 16.5. The maximum atomic E-state index is 14.7. The molecule has 0 saturated heterocycles. The number of aromatic hydroxyl groups is 2. The summed E-state index contributed by atoms with van der Waals surface area (Å²) in [6.45, 7) is 0.589. The molecule has 0 atom stereocenters. The van der Waals surface area contributed by atoms with Gasteiger partial charge in [-0.3, -0.25) is 14.9 Å². The third-order valence-corrected chi connectivity index (χ3v) is 8.53. The zero-order valence-corrected chi connectivity index (χ0v) is 27.8. The number of hydrogen-bond acceptors (Lipinski definition) is 11. The highest BCUT2D eigenvalue weighted by Gasteiger charge is 2.34. The van der Waals surface area contributed by atoms with Gasteiger partial charge in [-0.1, -0.05) is 37.1 Å². The van der Waals surface area contributed by atoms with Crippen LogP contribution >= 0.6 is 0 Å². The van der Waals surface area contributed by atoms with Crippen molar-refractivity contribution in [2.75, 3.05) is 23.7 Å². The molecule has 1 amide bonds. The van der Waals surface area contributed by atoms with Crippen LogP contribution in [0.25, 0.3) is 0 Å². The highest BCUT2D eigenvalue weighted by Crippen LogP contribution is 2.50. The number of carboxylic acids is 1. The number of aromatic carboxylic acids is 1. The third-order valence-electron chi connectivity index (χ3n) is 8.53. The number of unbranched alkanes of at least 4 members (excludes halogenated alkanes) is 3. The predicted molar refractivity (Wildman–Crippen MR) is 188 cm³/mol. The van der Waals surface area contributed by atoms with E-state index in [9.17, 15) is 43.8 Å². The smallest absolute Gasteiger partial charge is 0.335 e. The highest BCUT2D eigenvalue weighted by molar-refractivity contribution is 5.99. The van der Waals surface area contributed by atoms with E-state index >= 15 is 0 Å². The molecule has 0 fully saturated rings. The summed E-state index contributed by atoms with van der Waals surface area (Å²) < 4.78 is 35.1. The number of carboxylic acid groups (broad SMARTS) is 1. The van der Waals surface area contributed by atoms with Crippen molar-refractivity contribution in [3.8, 4) is 23.0 Å². The van der Waals surface area contributed by atoms with Crippen molar-refractivity contribution < 1.29 is 43.3 Å². The highest BCUT2D eigenvalue weighted by atomic mass is 19.1. The van der Waals surface area contributed by atoms with Gasteiger partial charge in [0.25, 0.3) is 5.91 Å². The maximum Gasteiger partial charge on any atom is 0.335 e. The summed E-state index contributed by atoms with van der Waals surface area (Å²) in [4.78, 5) is 44.8. The molecule has 6 rings (SSSR count). The van der Waals surface area contributed by atoms with Crippen LogP contribution in [-0.2, 0) is 0 Å². The molecule has 1 aliphatic heterocycles. The number of carbonyl (C=O) groups is 2. The standard InChI is InChI=1S/C37H32F2N6O8/c38-26-15-24-31(17-29(26)46)53-32-18-30(47)27(39)16-25(32)33(24)22-11-10-20(36(49)50)14-23(22)35(48)41-13-7-2-1-6-12-40-34-28(45(51)52)19-42-37(44-34)43-21-8-4-3-5-9-21/h3-5,8-11,14-19,33,46-47H,1-2,6-7,12-13H2,(H,41,48)(H,49,50)(H2,40,42,43,44). The molecule has 4 aromatic carbocycles. The zero-order valence-electron chi connectivity index (χ0n) is 27.8. The Kier molecular flexibility index (Phi) is 10.6. The van der Waals surface area contributed by atoms with E-state index in [2.05, 4.69) is 25.9 Å². The largest absolute Gasteiger partial charge is 0.505 e. The number of para-hydroxylation sites is 1. The van der Waals surface area contributed by atoms with Crippen LogP contribution in [0.15, 0.2) is 79.0 Å². The molecule has 53 heavy (non-hydrogen) atoms. The van der Waals surface area contributed by atoms with Crippen LogP contribution in [0.1, 0.15) is 69.0 Å². The number of phenolic OH excluding ortho intramolecular Hbond substituents is 2. The molecule has 0 unspecified atom stereocenters. The molecular formula is C37H32F2N6O8. The lowest BCUT2D eigenvalue weighted by atomic mass is 9.80. The second kappa shape index (κ2) is 15.6. The molecule has 0 saturated carbocycles. The van der Waals surface area contributed by atoms with Crippen LogP contribution < -0.4 is 20.7 Å². The molecule has 14 nitrogen and oxygen atoms in total. The average molecular weight is 727 g/mol. The average Bonchev–Trinajstić information content (AvgIpc) is 3.13. The number of aromatic nitrogens is 2. The van der Waals surface area contributed by atoms with Crippen molar-refractivity contribution in [1.82, 2.24) is 15.3 Å². The first-order chi connectivity index (χ1) is 25.5. The molecular weight excluding hydrogens is 694 g/mol. The first-order valence-corrected chi connectivity index (χ1v) is 16.5. The van der Waals surface area contributed by atoms with Crippen molar-refractivity contribution in [2.24, 2.45) is 0 Å². The van der Waals surface area contributed by atoms with Crippen molar-refractivity contribution in [3.63, 3.8) is 0 Å². The summed E-state index contributed by atoms with van der Waals surface area (Å²) in [6, 6.07) is 17.0. The number of nitrogens with one attached hydrogen (secondary N) is 3. The molecule has 0 radical (unpaired) electrons. The Morgan fingerprint density at radius 2 is 1.49 bits per heavy atom. The molecule has 0 aliphatic carbocycles. The number of hydrogen-bond donors (Lipinski definition) is 6. The van der Waals surface area contributed by atoms with Crippen molar-refractivity contribution in [3.05, 3.63) is 129 Å². The second-order valence-corrected chi connectivity index (χ2v) is 12.1. The Morgan fingerprint density at radius 1 is 0.849 bits per heavy atom. The first kappa shape index (κ1) is 36.0. The van der Waals surface area contributed by atoms with Gasteiger partial charge in [-0.2, -0.15) is 4.98 Å². The number of halogens is 2. The summed E-state index contributed by atoms with van der Waals surface area (Å²) in [5, 5.41) is 50.0. The van der Waals surface area contributed by atoms with Gasteiger partial charge in [-0.05, 0) is 54.8 Å². The summed E-state index contributed by atoms with van der Waals surface area (Å²) in [7, 11) is 0. The van der Waals surface area contributed by atoms with E-state index in [4.69, 9.17) is 4.74 Å². The third kappa shape index (κ3) is 8.06. The fraction of sp³-hybridized carbons (Fsp3) is 0.189. The number of phenols is 2. The minimum Gasteiger partial charge on any atom is -0.505 e. The Hall–Kier alpha value is -6.84. The molecule has 16 heteroatoms. The van der Waals surface area contributed by atoms with Crippen molar-refractivity contribution in [2.45, 2.75) is 31.6 Å². The van der Waals surface area contributed by atoms with Crippen LogP contribution in [0.2, 0.25) is 0 Å². The molecule has 2 heterocycles. The van der Waals surface area contributed by atoms with Crippen molar-refractivity contribution >= 4 is 35.0 Å². The number of anilines is 3. The molecule has 6 N–H and O–H groups in total. The monoisotopic (exact) mass is 726 g/mol. The Balaban J connectivity index is 1.11. The normalized spacial score (nSPS) is 11.9. The maximum absolute atomic E-state index is 14.7. The van der Waals surface area contributed by atoms with E-state index in [1.165, 1.54) is 18.2 Å². The van der Waals surface area contributed by atoms with Crippen LogP contribution in [0, 0.1) is 21.7 Å². The fourth-order valence-electron chi connectivity index (χ4n) is 5.96. The van der Waals surface area contributed by atoms with Gasteiger partial charge in [0.05, 0.1) is 10.5 Å². The molecule has 1 aromatic heterocycles. The van der Waals surface area contributed by atoms with Crippen LogP contribution in [0.3, 0.4) is 0 Å². The minimum atomic E-state index is -1.30. The van der Waals surface area contributed by atoms with E-state index in [1.54, 1.807) is 0 Å². The van der Waals surface area contributed by atoms with Gasteiger partial charge in [0, 0.05) is 53.5 Å². The quantitative estimate of drug-likeness (QED) is 0.0374. The van der Waals surface area contributed by atoms with Gasteiger partial charge in [-0.15, -0.1) is 0 Å². The van der Waals surface area contributed by atoms with E-state index < -0.39 is 45.9 Å². The fourth-order valence-corrected chi connectivity index (χ4v) is 5.96. The number of nitro groups is 1. The second-order valence-electron chi connectivity index (χ2n) is 12.1. The van der Waals surface area contributed by atoms with Gasteiger partial charge in [0.2, 0.25) is 11.8 Å². The lowest BCUT2D eigenvalue weighted by molar-refractivity contribution is -0.384. The SMILES string of the molecule is O=C(O)c1ccc(C2c3cc(F)c(O)cc3Oc3cc(O)c(F)cc32)c(C(=O)NCCCCCCNc2nc(Nc3ccccc3)ncc2[N+](=O)[O-])c1. The molecule has 1 aliphatic rings. The number of fused-ring (bicyclic) bond motifs is 2. The Morgan fingerprint density at radius 3 is 2.11 bits per heavy atom. The molecule has 0 bridgehead atoms. The lowest BCUT2D eigenvalue weighted by Crippen LogP contribution is -2.27. The number of rotatable bonds is 14. The molecule has 272 valence electrons. The number of ether oxygens (including phenoxy) is 1. The van der Waals surface area contributed by atoms with Crippen LogP contribution in [0.4, 0.5) is 31.9 Å². The number of amides is 1. The van der Waals surface area contributed by atoms with Gasteiger partial charge < -0.3 is 36.0 Å². The van der Waals surface area contributed by atoms with Gasteiger partial charge in [-0.25, -0.2) is 18.6 Å². The van der Waals surface area contributed by atoms with Crippen LogP contribution in [-0.4, -0.2) is 55.2 Å². The topological polar surface area (TPSA) is 209 Å². The zero-order chi connectivity index (χ0) is 37.6. The number of carbonyl (C=O) groups excluding carboxylic acids is 1. The van der Waals surface area contributed by atoms with Gasteiger partial charge >= 0.3 is 11.7 Å². The summed E-state index contributed by atoms with van der Waals surface area (Å²) in [6.07, 6.45) is 3.66. The lowest BCUT2D eigenvalue weighted by Gasteiger charge is -2.30. The van der Waals surface area contributed by atoms with E-state index in [1.807, 2.05) is 30.3 Å². The summed E-state index contributed by atoms with van der Waals surface area (Å²) >= 11 is 0. The van der Waals surface area contributed by atoms with Crippen molar-refractivity contribution in [1.29, 1.82) is 0 Å². The molecule has 5 aromatic rings. The van der Waals surface area contributed by atoms with E-state index in [0.717, 1.165) is 36.1 Å².